The molecule has 0 saturated carbocycles. The van der Waals surface area contributed by atoms with Crippen LogP contribution in [0.2, 0.25) is 0 Å². The molecule has 17 nitrogen and oxygen atoms in total. The first-order valence-electron chi connectivity index (χ1n) is 41.1. The normalized spacial score (nSPS) is 20.7. The van der Waals surface area contributed by atoms with Gasteiger partial charge in [0.2, 0.25) is 18.3 Å². The average molecular weight is 2020 g/mol. The van der Waals surface area contributed by atoms with Crippen LogP contribution < -0.4 is 23.7 Å². The van der Waals surface area contributed by atoms with Crippen LogP contribution in [0.25, 0.3) is 0 Å². The number of ether oxygens (including phenoxy) is 15. The molecule has 6 aliphatic heterocycles. The smallest absolute Gasteiger partial charge is 0.460 e. The highest BCUT2D eigenvalue weighted by Gasteiger charge is 2.96. The minimum Gasteiger partial charge on any atom is -0.493 e. The van der Waals surface area contributed by atoms with E-state index >= 15 is 13.6 Å². The van der Waals surface area contributed by atoms with Crippen molar-refractivity contribution in [1.29, 1.82) is 0 Å². The number of methoxy groups -OCH3 is 3. The largest absolute Gasteiger partial charge is 0.493 e. The molecule has 10 atom stereocenters. The molecule has 47 heteroatoms. The Balaban J connectivity index is 0.919. The summed E-state index contributed by atoms with van der Waals surface area (Å²) in [6.07, 6.45) is -40.8. The Kier molecular flexibility index (Phi) is 33.1. The lowest BCUT2D eigenvalue weighted by Crippen LogP contribution is -2.74. The van der Waals surface area contributed by atoms with Crippen molar-refractivity contribution in [3.05, 3.63) is 256 Å². The minimum atomic E-state index is -8.80. The number of esters is 2. The molecule has 2 saturated heterocycles. The molecule has 0 spiro atoms. The zero-order valence-electron chi connectivity index (χ0n) is 71.5. The molecule has 0 amide bonds. The van der Waals surface area contributed by atoms with E-state index in [0.717, 1.165) is 51.7 Å². The summed E-state index contributed by atoms with van der Waals surface area (Å²) >= 11 is 0. The van der Waals surface area contributed by atoms with Crippen LogP contribution in [0.5, 0.6) is 28.7 Å². The van der Waals surface area contributed by atoms with E-state index in [0.29, 0.717) is 22.3 Å². The molecule has 0 radical (unpaired) electrons. The average Bonchev–Trinajstić information content (AvgIpc) is 0.690. The molecule has 138 heavy (non-hydrogen) atoms. The Bertz CT molecular complexity index is 5300. The van der Waals surface area contributed by atoms with Crippen molar-refractivity contribution in [1.82, 2.24) is 0 Å². The summed E-state index contributed by atoms with van der Waals surface area (Å²) in [6, 6.07) is 48.8. The van der Waals surface area contributed by atoms with Crippen LogP contribution >= 0.6 is 0 Å². The summed E-state index contributed by atoms with van der Waals surface area (Å²) in [5.41, 5.74) is 1.57. The van der Waals surface area contributed by atoms with E-state index in [1.165, 1.54) is 48.5 Å². The van der Waals surface area contributed by atoms with E-state index in [4.69, 9.17) is 71.1 Å². The molecule has 8 bridgehead atoms. The second-order valence-electron chi connectivity index (χ2n) is 31.7. The molecule has 8 aromatic carbocycles. The van der Waals surface area contributed by atoms with Crippen LogP contribution in [0, 0.1) is 0 Å². The highest BCUT2D eigenvalue weighted by atomic mass is 19.4. The Labute approximate surface area is 763 Å². The third-order valence-electron chi connectivity index (χ3n) is 22.3. The van der Waals surface area contributed by atoms with Gasteiger partial charge >= 0.3 is 95.4 Å². The molecular weight excluding hydrogens is 1930 g/mol. The molecule has 0 aliphatic carbocycles. The van der Waals surface area contributed by atoms with Crippen molar-refractivity contribution in [3.63, 3.8) is 0 Å². The van der Waals surface area contributed by atoms with Crippen LogP contribution in [-0.2, 0) is 99.9 Å². The summed E-state index contributed by atoms with van der Waals surface area (Å²) in [5.74, 6) is -99.0. The van der Waals surface area contributed by atoms with Crippen molar-refractivity contribution < 1.29 is 212 Å². The zero-order valence-corrected chi connectivity index (χ0v) is 71.5. The second-order valence-corrected chi connectivity index (χ2v) is 31.7. The van der Waals surface area contributed by atoms with Gasteiger partial charge in [0, 0.05) is 12.8 Å². The summed E-state index contributed by atoms with van der Waals surface area (Å²) in [4.78, 5) is 29.9. The first-order valence-corrected chi connectivity index (χ1v) is 41.1. The molecule has 0 N–H and O–H groups in total. The molecule has 0 aromatic heterocycles. The molecular formula is C91H80F30O17. The van der Waals surface area contributed by atoms with Gasteiger partial charge in [-0.15, -0.1) is 0 Å². The van der Waals surface area contributed by atoms with Gasteiger partial charge in [0.05, 0.1) is 72.1 Å². The first-order chi connectivity index (χ1) is 64.5. The van der Waals surface area contributed by atoms with Crippen LogP contribution in [0.15, 0.2) is 200 Å². The van der Waals surface area contributed by atoms with E-state index in [1.807, 2.05) is 0 Å². The van der Waals surface area contributed by atoms with Gasteiger partial charge in [0.15, 0.2) is 23.0 Å². The summed E-state index contributed by atoms with van der Waals surface area (Å²) < 4.78 is 519. The van der Waals surface area contributed by atoms with Gasteiger partial charge in [-0.25, -0.2) is 9.59 Å². The summed E-state index contributed by atoms with van der Waals surface area (Å²) in [6.45, 7) is -3.85. The van der Waals surface area contributed by atoms with E-state index in [2.05, 4.69) is 0 Å². The number of aryl methyl sites for hydroxylation is 2. The van der Waals surface area contributed by atoms with Gasteiger partial charge in [-0.05, 0) is 101 Å². The van der Waals surface area contributed by atoms with Crippen molar-refractivity contribution in [2.45, 2.75) is 223 Å². The number of carbonyl (C=O) groups is 2. The maximum atomic E-state index is 15.1. The number of carbonyl (C=O) groups excluding carboxylic acids is 2. The summed E-state index contributed by atoms with van der Waals surface area (Å²) in [5, 5.41) is 0. The van der Waals surface area contributed by atoms with Crippen LogP contribution in [0.3, 0.4) is 0 Å². The number of rotatable bonds is 39. The lowest BCUT2D eigenvalue weighted by molar-refractivity contribution is -0.461. The molecule has 756 valence electrons. The highest BCUT2D eigenvalue weighted by molar-refractivity contribution is 5.91. The standard InChI is InChI=1S/C91H80F30O17/c1-124-62-40-59-36-37-61(62)135-76-72(131-45-55-22-12-6-13-23-55)70(129-43-53-18-8-4-9-19-53)68(127-47-57-32-28-51(29-33-57)26-16-38-78(92,93)80(96,97)82(100,101)84(104,105)85(106,107)87(110,111)89(114,115)91(119,120)121)65(136-76)50-134-75(123)60-41-63(125-2)67(64(42-60)126-3)138-77-73(132-46-56-24-14-7-15-25-56)71(130-44-54-20-10-5-11-21-54)69(66(137-77)49-133-74(59)122)128-48-58-34-30-52(31-35-58)27-17-39-79(94,95)81(98,99)83(102,103)86(108,109)88(112,113)90(116,117)118/h4-15,18-25,28-37,40-42,65-66,68-73,76-77H,16-17,26-27,38-39,43-50H2,1-3H3/t65-,66-,68-,69-,70+,71+,72-,73-,76-,77+/m1/s1. The van der Waals surface area contributed by atoms with Crippen LogP contribution in [0.1, 0.15) is 90.9 Å². The van der Waals surface area contributed by atoms with Crippen molar-refractivity contribution >= 4 is 11.9 Å². The second kappa shape index (κ2) is 42.4. The van der Waals surface area contributed by atoms with Gasteiger partial charge < -0.3 is 71.1 Å². The molecule has 2 fully saturated rings. The highest BCUT2D eigenvalue weighted by Crippen LogP contribution is 2.66. The molecule has 14 rings (SSSR count). The molecule has 6 aliphatic rings. The van der Waals surface area contributed by atoms with E-state index in [-0.39, 0.29) is 88.6 Å². The van der Waals surface area contributed by atoms with E-state index in [9.17, 15) is 128 Å². The Hall–Kier alpha value is -10.7. The van der Waals surface area contributed by atoms with Gasteiger partial charge in [-0.3, -0.25) is 0 Å². The van der Waals surface area contributed by atoms with Crippen molar-refractivity contribution in [2.24, 2.45) is 0 Å². The Morgan fingerprint density at radius 1 is 0.283 bits per heavy atom. The topological polar surface area (TPSA) is 173 Å². The van der Waals surface area contributed by atoms with E-state index in [1.54, 1.807) is 121 Å². The third-order valence-corrected chi connectivity index (χ3v) is 22.3. The maximum Gasteiger partial charge on any atom is 0.460 e. The fourth-order valence-corrected chi connectivity index (χ4v) is 14.5. The number of alkyl halides is 30. The quantitative estimate of drug-likeness (QED) is 0.0263. The Morgan fingerprint density at radius 2 is 0.551 bits per heavy atom. The van der Waals surface area contributed by atoms with Gasteiger partial charge in [-0.1, -0.05) is 170 Å². The first kappa shape index (κ1) is 108. The number of hydrogen-bond donors (Lipinski definition) is 0. The maximum absolute atomic E-state index is 15.1. The molecule has 0 unspecified atom stereocenters. The number of benzene rings is 8. The number of halogens is 30. The Morgan fingerprint density at radius 3 is 0.870 bits per heavy atom. The monoisotopic (exact) mass is 2010 g/mol. The SMILES string of the molecule is COc1cc2ccc1O[C@@H]1O[C@H](COC(=O)c3cc(OC)c(c(OC)c3)O[C@@H]3O[C@H](COC2=O)[C@@H](OCc2ccc(CCCC(F)(F)C(F)(F)C(F)(F)C(F)(F)C(F)(F)C(F)(F)F)cc2)[C@H](OCc2ccccc2)[C@H]3OCc2ccccc2)[C@@H](OCc2ccc(CCCC(F)(F)C(F)(F)C(F)(F)C(F)(F)C(F)(F)C(F)(F)C(F)(F)C(F)(F)F)cc2)[C@H](OCc2ccccc2)[C@H]1OCc1ccccc1. The molecule has 8 aromatic rings. The zero-order chi connectivity index (χ0) is 101. The van der Waals surface area contributed by atoms with Crippen LogP contribution in [0.4, 0.5) is 132 Å². The molecule has 6 heterocycles. The fraction of sp³-hybridized carbons (Fsp3) is 0.451. The van der Waals surface area contributed by atoms with Crippen molar-refractivity contribution in [2.75, 3.05) is 34.5 Å². The van der Waals surface area contributed by atoms with Crippen LogP contribution in [-0.4, -0.2) is 191 Å². The lowest BCUT2D eigenvalue weighted by Gasteiger charge is -2.45. The van der Waals surface area contributed by atoms with Gasteiger partial charge in [0.25, 0.3) is 0 Å². The lowest BCUT2D eigenvalue weighted by atomic mass is 9.87. The van der Waals surface area contributed by atoms with Gasteiger partial charge in [0.1, 0.15) is 62.0 Å². The van der Waals surface area contributed by atoms with Crippen molar-refractivity contribution in [3.8, 4) is 28.7 Å². The fourth-order valence-electron chi connectivity index (χ4n) is 14.5. The number of hydrogen-bond acceptors (Lipinski definition) is 17. The summed E-state index contributed by atoms with van der Waals surface area (Å²) in [7, 11) is 3.45. The minimum absolute atomic E-state index is 0.0475. The predicted octanol–water partition coefficient (Wildman–Crippen LogP) is 22.9. The third kappa shape index (κ3) is 22.3. The predicted molar refractivity (Wildman–Crippen MR) is 419 cm³/mol. The van der Waals surface area contributed by atoms with Gasteiger partial charge in [-0.2, -0.15) is 132 Å². The van der Waals surface area contributed by atoms with E-state index < -0.39 is 222 Å².